The van der Waals surface area contributed by atoms with Crippen LogP contribution in [0.3, 0.4) is 0 Å². The summed E-state index contributed by atoms with van der Waals surface area (Å²) in [6, 6.07) is 0. The lowest BCUT2D eigenvalue weighted by Crippen LogP contribution is -2.40. The average Bonchev–Trinajstić information content (AvgIpc) is 3.02. The van der Waals surface area contributed by atoms with Crippen molar-refractivity contribution in [2.75, 3.05) is 6.61 Å². The fourth-order valence-corrected chi connectivity index (χ4v) is 6.00. The molecule has 0 radical (unpaired) electrons. The van der Waals surface area contributed by atoms with Crippen LogP contribution in [0.25, 0.3) is 0 Å². The second-order valence-electron chi connectivity index (χ2n) is 13.4. The largest absolute Gasteiger partial charge is 0.479 e. The summed E-state index contributed by atoms with van der Waals surface area (Å²) in [5.74, 6) is -2.73. The summed E-state index contributed by atoms with van der Waals surface area (Å²) >= 11 is 0. The summed E-state index contributed by atoms with van der Waals surface area (Å²) in [6.07, 6.45) is 39.4. The summed E-state index contributed by atoms with van der Waals surface area (Å²) in [4.78, 5) is 22.0. The smallest absolute Gasteiger partial charge is 0.338 e. The Labute approximate surface area is 272 Å². The van der Waals surface area contributed by atoms with Gasteiger partial charge in [-0.1, -0.05) is 206 Å². The quantitative estimate of drug-likeness (QED) is 0.0472. The highest BCUT2D eigenvalue weighted by atomic mass is 16.5. The number of rotatable bonds is 36. The highest BCUT2D eigenvalue weighted by molar-refractivity contribution is 5.84. The van der Waals surface area contributed by atoms with Crippen molar-refractivity contribution in [2.45, 2.75) is 225 Å². The highest BCUT2D eigenvalue weighted by Gasteiger charge is 2.31. The molecular formula is C38H74O6. The molecule has 0 saturated carbocycles. The first kappa shape index (κ1) is 42.9. The van der Waals surface area contributed by atoms with Crippen molar-refractivity contribution in [3.05, 3.63) is 0 Å². The van der Waals surface area contributed by atoms with E-state index in [4.69, 9.17) is 14.9 Å². The van der Waals surface area contributed by atoms with Crippen LogP contribution in [0.1, 0.15) is 212 Å². The summed E-state index contributed by atoms with van der Waals surface area (Å²) in [7, 11) is 0. The van der Waals surface area contributed by atoms with Gasteiger partial charge in [-0.05, 0) is 6.42 Å². The molecule has 0 spiro atoms. The van der Waals surface area contributed by atoms with Gasteiger partial charge in [-0.2, -0.15) is 0 Å². The van der Waals surface area contributed by atoms with Crippen molar-refractivity contribution >= 4 is 11.9 Å². The highest BCUT2D eigenvalue weighted by Crippen LogP contribution is 2.17. The Morgan fingerprint density at radius 1 is 0.409 bits per heavy atom. The molecule has 0 fully saturated rings. The maximum Gasteiger partial charge on any atom is 0.338 e. The Hall–Kier alpha value is -1.14. The van der Waals surface area contributed by atoms with Crippen LogP contribution >= 0.6 is 0 Å². The Bertz CT molecular complexity index is 610. The normalized spacial score (nSPS) is 12.8. The van der Waals surface area contributed by atoms with E-state index < -0.39 is 24.1 Å². The molecule has 0 saturated heterocycles. The van der Waals surface area contributed by atoms with Crippen LogP contribution in [0.5, 0.6) is 0 Å². The number of esters is 1. The molecule has 262 valence electrons. The number of ether oxygens (including phenoxy) is 1. The second kappa shape index (κ2) is 34.7. The topological polar surface area (TPSA) is 104 Å². The van der Waals surface area contributed by atoms with Gasteiger partial charge in [-0.3, -0.25) is 0 Å². The van der Waals surface area contributed by atoms with Gasteiger partial charge in [0.2, 0.25) is 0 Å². The summed E-state index contributed by atoms with van der Waals surface area (Å²) < 4.78 is 4.83. The van der Waals surface area contributed by atoms with E-state index >= 15 is 0 Å². The van der Waals surface area contributed by atoms with Gasteiger partial charge >= 0.3 is 11.9 Å². The van der Waals surface area contributed by atoms with E-state index in [9.17, 15) is 14.7 Å². The number of hydrogen-bond acceptors (Lipinski definition) is 5. The SMILES string of the molecule is CCCCCCCCCCCCCCCCCCCCCCCCCCCCCCCCCCOC(=O)C(O)C(O)C(=O)O. The molecule has 0 aromatic carbocycles. The molecule has 0 aromatic heterocycles. The molecule has 0 aromatic rings. The fourth-order valence-electron chi connectivity index (χ4n) is 6.00. The molecule has 2 unspecified atom stereocenters. The van der Waals surface area contributed by atoms with E-state index in [-0.39, 0.29) is 6.61 Å². The molecule has 0 aliphatic carbocycles. The third-order valence-corrected chi connectivity index (χ3v) is 9.04. The lowest BCUT2D eigenvalue weighted by molar-refractivity contribution is -0.169. The molecule has 0 bridgehead atoms. The van der Waals surface area contributed by atoms with E-state index in [1.54, 1.807) is 0 Å². The monoisotopic (exact) mass is 627 g/mol. The van der Waals surface area contributed by atoms with Crippen molar-refractivity contribution in [1.82, 2.24) is 0 Å². The Kier molecular flexibility index (Phi) is 33.8. The van der Waals surface area contributed by atoms with E-state index in [1.165, 1.54) is 186 Å². The minimum absolute atomic E-state index is 0.141. The first-order chi connectivity index (χ1) is 21.5. The van der Waals surface area contributed by atoms with Gasteiger partial charge in [0.25, 0.3) is 0 Å². The van der Waals surface area contributed by atoms with Crippen LogP contribution < -0.4 is 0 Å². The van der Waals surface area contributed by atoms with Gasteiger partial charge in [0, 0.05) is 0 Å². The van der Waals surface area contributed by atoms with Gasteiger partial charge in [-0.25, -0.2) is 9.59 Å². The van der Waals surface area contributed by atoms with Crippen molar-refractivity contribution < 1.29 is 29.6 Å². The third kappa shape index (κ3) is 30.9. The van der Waals surface area contributed by atoms with Gasteiger partial charge in [0.1, 0.15) is 0 Å². The van der Waals surface area contributed by atoms with Crippen molar-refractivity contribution in [3.8, 4) is 0 Å². The molecule has 0 amide bonds. The molecule has 6 nitrogen and oxygen atoms in total. The van der Waals surface area contributed by atoms with Crippen LogP contribution in [0.15, 0.2) is 0 Å². The molecule has 44 heavy (non-hydrogen) atoms. The van der Waals surface area contributed by atoms with E-state index in [1.807, 2.05) is 0 Å². The Balaban J connectivity index is 3.15. The molecule has 0 aliphatic heterocycles. The van der Waals surface area contributed by atoms with E-state index in [2.05, 4.69) is 6.92 Å². The van der Waals surface area contributed by atoms with Crippen LogP contribution in [0.4, 0.5) is 0 Å². The van der Waals surface area contributed by atoms with E-state index in [0.29, 0.717) is 6.42 Å². The van der Waals surface area contributed by atoms with Crippen LogP contribution in [0, 0.1) is 0 Å². The lowest BCUT2D eigenvalue weighted by Gasteiger charge is -2.13. The summed E-state index contributed by atoms with van der Waals surface area (Å²) in [5, 5.41) is 27.1. The first-order valence-electron chi connectivity index (χ1n) is 19.3. The Morgan fingerprint density at radius 2 is 0.636 bits per heavy atom. The number of aliphatic carboxylic acids is 1. The minimum atomic E-state index is -2.14. The number of aliphatic hydroxyl groups is 2. The second-order valence-corrected chi connectivity index (χ2v) is 13.4. The molecule has 0 aliphatic rings. The van der Waals surface area contributed by atoms with Gasteiger partial charge in [-0.15, -0.1) is 0 Å². The zero-order valence-electron chi connectivity index (χ0n) is 29.1. The number of carbonyl (C=O) groups excluding carboxylic acids is 1. The first-order valence-corrected chi connectivity index (χ1v) is 19.3. The van der Waals surface area contributed by atoms with Gasteiger partial charge in [0.15, 0.2) is 12.2 Å². The third-order valence-electron chi connectivity index (χ3n) is 9.04. The molecule has 3 N–H and O–H groups in total. The van der Waals surface area contributed by atoms with E-state index in [0.717, 1.165) is 12.8 Å². The summed E-state index contributed by atoms with van der Waals surface area (Å²) in [6.45, 7) is 2.43. The zero-order valence-corrected chi connectivity index (χ0v) is 29.1. The number of aliphatic hydroxyl groups excluding tert-OH is 2. The maximum atomic E-state index is 11.5. The molecule has 2 atom stereocenters. The van der Waals surface area contributed by atoms with Crippen LogP contribution in [-0.4, -0.2) is 46.1 Å². The zero-order chi connectivity index (χ0) is 32.4. The molecular weight excluding hydrogens is 552 g/mol. The number of unbranched alkanes of at least 4 members (excludes halogenated alkanes) is 31. The fraction of sp³-hybridized carbons (Fsp3) is 0.947. The number of hydrogen-bond donors (Lipinski definition) is 3. The molecule has 0 heterocycles. The van der Waals surface area contributed by atoms with Crippen LogP contribution in [0.2, 0.25) is 0 Å². The average molecular weight is 627 g/mol. The van der Waals surface area contributed by atoms with Gasteiger partial charge < -0.3 is 20.1 Å². The molecule has 0 rings (SSSR count). The van der Waals surface area contributed by atoms with Crippen LogP contribution in [-0.2, 0) is 14.3 Å². The summed E-state index contributed by atoms with van der Waals surface area (Å²) in [5.41, 5.74) is 0. The standard InChI is InChI=1S/C38H74O6/c1-2-3-4-5-6-7-8-9-10-11-12-13-14-15-16-17-18-19-20-21-22-23-24-25-26-27-28-29-30-31-32-33-34-44-38(43)36(40)35(39)37(41)42/h35-36,39-40H,2-34H2,1H3,(H,41,42). The maximum absolute atomic E-state index is 11.5. The number of carboxylic acid groups (broad SMARTS) is 1. The number of carboxylic acids is 1. The van der Waals surface area contributed by atoms with Gasteiger partial charge in [0.05, 0.1) is 6.61 Å². The van der Waals surface area contributed by atoms with Crippen molar-refractivity contribution in [3.63, 3.8) is 0 Å². The lowest BCUT2D eigenvalue weighted by atomic mass is 10.0. The molecule has 6 heteroatoms. The number of carbonyl (C=O) groups is 2. The van der Waals surface area contributed by atoms with Crippen molar-refractivity contribution in [2.24, 2.45) is 0 Å². The minimum Gasteiger partial charge on any atom is -0.479 e. The van der Waals surface area contributed by atoms with Crippen molar-refractivity contribution in [1.29, 1.82) is 0 Å². The predicted octanol–water partition coefficient (Wildman–Crippen LogP) is 10.8. The Morgan fingerprint density at radius 3 is 0.864 bits per heavy atom. The predicted molar refractivity (Wildman–Crippen MR) is 184 cm³/mol.